The van der Waals surface area contributed by atoms with E-state index in [1.54, 1.807) is 0 Å². The Kier molecular flexibility index (Phi) is 3.29. The quantitative estimate of drug-likeness (QED) is 0.443. The Hall–Kier alpha value is -0.00312. The Bertz CT molecular complexity index is 314. The van der Waals surface area contributed by atoms with E-state index >= 15 is 0 Å². The summed E-state index contributed by atoms with van der Waals surface area (Å²) < 4.78 is 0. The van der Waals surface area contributed by atoms with Gasteiger partial charge in [0, 0.05) is 16.3 Å². The Morgan fingerprint density at radius 2 is 1.94 bits per heavy atom. The van der Waals surface area contributed by atoms with Crippen molar-refractivity contribution in [2.24, 2.45) is 11.1 Å². The van der Waals surface area contributed by atoms with Crippen LogP contribution in [0.25, 0.3) is 0 Å². The monoisotopic (exact) mass is 260 g/mol. The zero-order valence-corrected chi connectivity index (χ0v) is 14.2. The molecule has 94 valence electrons. The lowest BCUT2D eigenvalue weighted by molar-refractivity contribution is -0.163. The summed E-state index contributed by atoms with van der Waals surface area (Å²) in [5.41, 5.74) is 6.30. The molecule has 1 saturated heterocycles. The van der Waals surface area contributed by atoms with Gasteiger partial charge in [-0.15, -0.1) is 11.8 Å². The van der Waals surface area contributed by atoms with Crippen LogP contribution >= 0.6 is 11.8 Å². The normalized spacial score (nSPS) is 37.4. The molecule has 0 radical (unpaired) electrons. The molecule has 0 spiro atoms. The number of likely N-dealkylation sites (tertiary alicyclic amines) is 1. The molecule has 5 heteroatoms. The van der Waals surface area contributed by atoms with Gasteiger partial charge < -0.3 is 10.6 Å². The molecule has 0 aliphatic carbocycles. The van der Waals surface area contributed by atoms with E-state index in [-0.39, 0.29) is 22.5 Å². The average Bonchev–Trinajstić information content (AvgIpc) is 2.14. The van der Waals surface area contributed by atoms with E-state index in [1.165, 1.54) is 11.8 Å². The first-order valence-electron chi connectivity index (χ1n) is 5.68. The maximum absolute atomic E-state index is 12.2. The van der Waals surface area contributed by atoms with Crippen LogP contribution in [0.15, 0.2) is 0 Å². The second kappa shape index (κ2) is 3.75. The predicted octanol–water partition coefficient (Wildman–Crippen LogP) is 0.363. The first-order valence-corrected chi connectivity index (χ1v) is 7.90. The van der Waals surface area contributed by atoms with Crippen molar-refractivity contribution in [2.45, 2.75) is 50.7 Å². The number of nitrogens with zero attached hydrogens (tertiary/aromatic N) is 1. The molecule has 0 aromatic carbocycles. The zero-order chi connectivity index (χ0) is 12.9. The van der Waals surface area contributed by atoms with Crippen LogP contribution in [-0.2, 0) is 4.79 Å². The van der Waals surface area contributed by atoms with Gasteiger partial charge in [0.2, 0.25) is 0 Å². The van der Waals surface area contributed by atoms with Crippen LogP contribution < -0.4 is 5.73 Å². The van der Waals surface area contributed by atoms with Crippen molar-refractivity contribution < 1.29 is 4.79 Å². The molecule has 3 nitrogen and oxygen atoms in total. The molecule has 2 N–H and O–H groups in total. The predicted molar refractivity (Wildman–Crippen MR) is 74.5 cm³/mol. The van der Waals surface area contributed by atoms with Crippen molar-refractivity contribution in [3.8, 4) is 0 Å². The molecule has 3 atom stereocenters. The molecule has 1 fully saturated rings. The summed E-state index contributed by atoms with van der Waals surface area (Å²) in [6, 6.07) is 0.228. The van der Waals surface area contributed by atoms with Gasteiger partial charge in [0.15, 0.2) is 4.87 Å². The highest BCUT2D eigenvalue weighted by atomic mass is 32.2. The van der Waals surface area contributed by atoms with Gasteiger partial charge >= 0.3 is 0 Å². The molecule has 1 amide bonds. The summed E-state index contributed by atoms with van der Waals surface area (Å²) in [5, 5.41) is -0.143. The Labute approximate surface area is 106 Å². The highest BCUT2D eigenvalue weighted by Crippen LogP contribution is 2.47. The number of hydrogen-bond donors (Lipinski definition) is 1. The minimum atomic E-state index is -0.696. The molecular formula is C11H24N2OSSi. The number of β-lactam (4-membered cyclic amide) rings is 1. The van der Waals surface area contributed by atoms with Gasteiger partial charge in [-0.05, 0) is 25.5 Å². The number of hydrogen-bond acceptors (Lipinski definition) is 3. The van der Waals surface area contributed by atoms with Crippen LogP contribution in [0.2, 0.25) is 0 Å². The number of nitrogens with two attached hydrogens (primary N) is 1. The number of rotatable bonds is 2. The van der Waals surface area contributed by atoms with Crippen molar-refractivity contribution in [3.63, 3.8) is 0 Å². The van der Waals surface area contributed by atoms with Gasteiger partial charge in [0.05, 0.1) is 5.16 Å². The van der Waals surface area contributed by atoms with Crippen molar-refractivity contribution in [1.29, 1.82) is 0 Å². The molecule has 0 aromatic rings. The molecular weight excluding hydrogens is 236 g/mol. The van der Waals surface area contributed by atoms with E-state index in [2.05, 4.69) is 34.6 Å². The van der Waals surface area contributed by atoms with E-state index in [0.717, 1.165) is 10.2 Å². The van der Waals surface area contributed by atoms with E-state index in [4.69, 9.17) is 5.73 Å². The number of amides is 1. The van der Waals surface area contributed by atoms with E-state index < -0.39 is 4.87 Å². The fourth-order valence-corrected chi connectivity index (χ4v) is 4.49. The fourth-order valence-electron chi connectivity index (χ4n) is 2.20. The largest absolute Gasteiger partial charge is 0.332 e. The Balaban J connectivity index is 3.01. The van der Waals surface area contributed by atoms with Gasteiger partial charge in [0.25, 0.3) is 5.91 Å². The molecule has 1 heterocycles. The third-order valence-corrected chi connectivity index (χ3v) is 6.96. The minimum Gasteiger partial charge on any atom is -0.332 e. The van der Waals surface area contributed by atoms with E-state index in [1.807, 2.05) is 11.2 Å². The lowest BCUT2D eigenvalue weighted by Crippen LogP contribution is -2.86. The molecule has 16 heavy (non-hydrogen) atoms. The summed E-state index contributed by atoms with van der Waals surface area (Å²) in [6.07, 6.45) is 1.92. The number of carbonyl (C=O) groups is 1. The summed E-state index contributed by atoms with van der Waals surface area (Å²) in [5.74, 6) is 0.0972. The van der Waals surface area contributed by atoms with Crippen LogP contribution in [0.3, 0.4) is 0 Å². The number of carbonyl (C=O) groups excluding carboxylic acids is 1. The molecule has 3 unspecified atom stereocenters. The van der Waals surface area contributed by atoms with E-state index in [0.29, 0.717) is 0 Å². The zero-order valence-electron chi connectivity index (χ0n) is 11.4. The van der Waals surface area contributed by atoms with Gasteiger partial charge in [0.1, 0.15) is 0 Å². The summed E-state index contributed by atoms with van der Waals surface area (Å²) in [7, 11) is 0.895. The second-order valence-electron chi connectivity index (χ2n) is 6.22. The van der Waals surface area contributed by atoms with Gasteiger partial charge in [-0.25, -0.2) is 0 Å². The van der Waals surface area contributed by atoms with Crippen molar-refractivity contribution in [1.82, 2.24) is 4.90 Å². The van der Waals surface area contributed by atoms with Gasteiger partial charge in [-0.1, -0.05) is 20.8 Å². The lowest BCUT2D eigenvalue weighted by Gasteiger charge is -2.63. The van der Waals surface area contributed by atoms with Crippen LogP contribution in [0.1, 0.15) is 34.6 Å². The van der Waals surface area contributed by atoms with Gasteiger partial charge in [-0.3, -0.25) is 4.79 Å². The van der Waals surface area contributed by atoms with Crippen molar-refractivity contribution >= 4 is 27.9 Å². The molecule has 1 aliphatic heterocycles. The van der Waals surface area contributed by atoms with Crippen LogP contribution in [-0.4, -0.2) is 43.4 Å². The highest BCUT2D eigenvalue weighted by Gasteiger charge is 2.65. The highest BCUT2D eigenvalue weighted by molar-refractivity contribution is 8.01. The third kappa shape index (κ3) is 1.64. The standard InChI is InChI=1S/C11H24N2OSSi/c1-7(9(2,3)4)13-8(14)11(12,15-6)10(13,5)16/h7H,12H2,1-6,16H3. The third-order valence-electron chi connectivity index (χ3n) is 4.01. The summed E-state index contributed by atoms with van der Waals surface area (Å²) in [6.45, 7) is 10.7. The molecule has 1 aliphatic rings. The molecule has 1 rings (SSSR count). The fraction of sp³-hybridized carbons (Fsp3) is 0.909. The van der Waals surface area contributed by atoms with Crippen LogP contribution in [0, 0.1) is 5.41 Å². The lowest BCUT2D eigenvalue weighted by atomic mass is 9.81. The topological polar surface area (TPSA) is 46.3 Å². The molecule has 0 saturated carbocycles. The maximum Gasteiger partial charge on any atom is 0.255 e. The Morgan fingerprint density at radius 3 is 2.19 bits per heavy atom. The summed E-state index contributed by atoms with van der Waals surface area (Å²) >= 11 is 1.48. The number of thioether (sulfide) groups is 1. The van der Waals surface area contributed by atoms with Crippen LogP contribution in [0.5, 0.6) is 0 Å². The SMILES string of the molecule is CSC1(N)C(=O)N(C(C)C(C)(C)C)C1(C)[SiH3]. The van der Waals surface area contributed by atoms with Gasteiger partial charge in [-0.2, -0.15) is 0 Å². The summed E-state index contributed by atoms with van der Waals surface area (Å²) in [4.78, 5) is 13.5. The first-order chi connectivity index (χ1) is 7.00. The minimum absolute atomic E-state index is 0.0972. The van der Waals surface area contributed by atoms with Crippen molar-refractivity contribution in [2.75, 3.05) is 6.26 Å². The maximum atomic E-state index is 12.2. The average molecular weight is 260 g/mol. The van der Waals surface area contributed by atoms with E-state index in [9.17, 15) is 4.79 Å². The first kappa shape index (κ1) is 14.1. The van der Waals surface area contributed by atoms with Crippen molar-refractivity contribution in [3.05, 3.63) is 0 Å². The smallest absolute Gasteiger partial charge is 0.255 e. The molecule has 0 bridgehead atoms. The second-order valence-corrected chi connectivity index (χ2v) is 9.22. The Morgan fingerprint density at radius 1 is 1.50 bits per heavy atom. The van der Waals surface area contributed by atoms with Crippen LogP contribution in [0.4, 0.5) is 0 Å². The molecule has 0 aromatic heterocycles.